The van der Waals surface area contributed by atoms with E-state index in [1.54, 1.807) is 18.2 Å². The molecule has 2 heterocycles. The van der Waals surface area contributed by atoms with E-state index in [2.05, 4.69) is 26.3 Å². The molecule has 4 N–H and O–H groups in total. The number of aromatic nitrogens is 1. The first-order valence-corrected chi connectivity index (χ1v) is 12.3. The van der Waals surface area contributed by atoms with Crippen LogP contribution in [0.25, 0.3) is 0 Å². The summed E-state index contributed by atoms with van der Waals surface area (Å²) in [5.74, 6) is 0.669. The number of carbonyl (C=O) groups excluding carboxylic acids is 2. The summed E-state index contributed by atoms with van der Waals surface area (Å²) >= 11 is 0. The highest BCUT2D eigenvalue weighted by atomic mass is 19.4. The van der Waals surface area contributed by atoms with Crippen molar-refractivity contribution in [3.8, 4) is 11.5 Å². The number of amides is 3. The molecule has 0 aliphatic carbocycles. The maximum Gasteiger partial charge on any atom is 0.416 e. The lowest BCUT2D eigenvalue weighted by atomic mass is 10.1. The van der Waals surface area contributed by atoms with Gasteiger partial charge in [-0.15, -0.1) is 0 Å². The molecule has 206 valence electrons. The van der Waals surface area contributed by atoms with Gasteiger partial charge < -0.3 is 30.9 Å². The summed E-state index contributed by atoms with van der Waals surface area (Å²) in [6, 6.07) is 11.2. The Morgan fingerprint density at radius 3 is 2.54 bits per heavy atom. The number of alkyl halides is 3. The largest absolute Gasteiger partial charge is 0.457 e. The van der Waals surface area contributed by atoms with Gasteiger partial charge in [-0.25, -0.2) is 4.79 Å². The number of rotatable bonds is 7. The van der Waals surface area contributed by atoms with Gasteiger partial charge in [0.1, 0.15) is 17.2 Å². The quantitative estimate of drug-likeness (QED) is 0.355. The smallest absolute Gasteiger partial charge is 0.416 e. The number of piperazine rings is 1. The third kappa shape index (κ3) is 7.17. The molecule has 4 rings (SSSR count). The second kappa shape index (κ2) is 12.0. The minimum atomic E-state index is -4.53. The Hall–Kier alpha value is -4.32. The Morgan fingerprint density at radius 2 is 1.85 bits per heavy atom. The summed E-state index contributed by atoms with van der Waals surface area (Å²) in [6.45, 7) is 4.60. The van der Waals surface area contributed by atoms with Crippen molar-refractivity contribution in [2.75, 3.05) is 43.4 Å². The van der Waals surface area contributed by atoms with Crippen LogP contribution in [0.3, 0.4) is 0 Å². The zero-order valence-corrected chi connectivity index (χ0v) is 21.5. The van der Waals surface area contributed by atoms with Crippen LogP contribution in [-0.4, -0.2) is 50.1 Å². The fourth-order valence-electron chi connectivity index (χ4n) is 4.13. The molecule has 0 radical (unpaired) electrons. The predicted molar refractivity (Wildman–Crippen MR) is 141 cm³/mol. The highest BCUT2D eigenvalue weighted by molar-refractivity contribution is 5.93. The Morgan fingerprint density at radius 1 is 1.08 bits per heavy atom. The lowest BCUT2D eigenvalue weighted by Gasteiger charge is -2.31. The van der Waals surface area contributed by atoms with Gasteiger partial charge in [-0.1, -0.05) is 12.1 Å². The fourth-order valence-corrected chi connectivity index (χ4v) is 4.13. The lowest BCUT2D eigenvalue weighted by molar-refractivity contribution is -0.137. The number of benzene rings is 2. The second-order valence-electron chi connectivity index (χ2n) is 8.93. The molecule has 9 nitrogen and oxygen atoms in total. The predicted octanol–water partition coefficient (Wildman–Crippen LogP) is 4.29. The molecule has 0 unspecified atom stereocenters. The number of hydrogen-bond acceptors (Lipinski definition) is 6. The van der Waals surface area contributed by atoms with Crippen molar-refractivity contribution in [3.05, 3.63) is 77.1 Å². The number of halogens is 3. The van der Waals surface area contributed by atoms with E-state index in [9.17, 15) is 22.8 Å². The molecule has 12 heteroatoms. The van der Waals surface area contributed by atoms with Gasteiger partial charge in [-0.3, -0.25) is 9.78 Å². The number of anilines is 2. The standard InChI is InChI=1S/C27H29F3N6O3/c1-17-13-18(3-6-24(17)39-20-7-8-33-22(15-20)25(37)31-2)16-34-26(38)35-21-14-19(27(28,29)30)4-5-23(21)36-11-9-32-10-12-36/h3-8,13-15,32H,9-12,16H2,1-2H3,(H,31,37)(H2,34,35,38). The molecule has 3 amide bonds. The number of nitrogens with one attached hydrogen (secondary N) is 4. The molecular weight excluding hydrogens is 513 g/mol. The average Bonchev–Trinajstić information content (AvgIpc) is 2.93. The van der Waals surface area contributed by atoms with E-state index < -0.39 is 17.8 Å². The van der Waals surface area contributed by atoms with E-state index in [4.69, 9.17) is 4.74 Å². The molecule has 1 aliphatic heterocycles. The number of urea groups is 1. The summed E-state index contributed by atoms with van der Waals surface area (Å²) in [4.78, 5) is 30.4. The highest BCUT2D eigenvalue weighted by Gasteiger charge is 2.32. The van der Waals surface area contributed by atoms with Gasteiger partial charge in [0.25, 0.3) is 5.91 Å². The molecule has 39 heavy (non-hydrogen) atoms. The number of nitrogens with zero attached hydrogens (tertiary/aromatic N) is 2. The summed E-state index contributed by atoms with van der Waals surface area (Å²) in [7, 11) is 1.51. The number of pyridine rings is 1. The monoisotopic (exact) mass is 542 g/mol. The first kappa shape index (κ1) is 27.7. The first-order valence-electron chi connectivity index (χ1n) is 12.3. The second-order valence-corrected chi connectivity index (χ2v) is 8.93. The van der Waals surface area contributed by atoms with Gasteiger partial charge in [-0.2, -0.15) is 13.2 Å². The summed E-state index contributed by atoms with van der Waals surface area (Å²) in [5.41, 5.74) is 1.57. The van der Waals surface area contributed by atoms with Crippen molar-refractivity contribution in [1.82, 2.24) is 20.9 Å². The molecule has 0 spiro atoms. The number of ether oxygens (including phenoxy) is 1. The van der Waals surface area contributed by atoms with Crippen molar-refractivity contribution in [2.45, 2.75) is 19.6 Å². The summed E-state index contributed by atoms with van der Waals surface area (Å²) in [5, 5.41) is 11.0. The van der Waals surface area contributed by atoms with Crippen molar-refractivity contribution >= 4 is 23.3 Å². The van der Waals surface area contributed by atoms with Crippen molar-refractivity contribution in [3.63, 3.8) is 0 Å². The zero-order chi connectivity index (χ0) is 28.0. The summed E-state index contributed by atoms with van der Waals surface area (Å²) in [6.07, 6.45) is -3.05. The van der Waals surface area contributed by atoms with E-state index >= 15 is 0 Å². The molecule has 3 aromatic rings. The molecule has 1 aliphatic rings. The van der Waals surface area contributed by atoms with Crippen LogP contribution in [0.15, 0.2) is 54.7 Å². The molecule has 1 fully saturated rings. The van der Waals surface area contributed by atoms with Crippen LogP contribution >= 0.6 is 0 Å². The van der Waals surface area contributed by atoms with Crippen LogP contribution in [0.4, 0.5) is 29.3 Å². The van der Waals surface area contributed by atoms with Gasteiger partial charge >= 0.3 is 12.2 Å². The van der Waals surface area contributed by atoms with Crippen molar-refractivity contribution in [2.24, 2.45) is 0 Å². The Labute approximate surface area is 223 Å². The van der Waals surface area contributed by atoms with Crippen LogP contribution in [0, 0.1) is 6.92 Å². The first-order chi connectivity index (χ1) is 18.6. The van der Waals surface area contributed by atoms with Crippen LogP contribution in [0.1, 0.15) is 27.2 Å². The topological polar surface area (TPSA) is 108 Å². The average molecular weight is 543 g/mol. The number of carbonyl (C=O) groups is 2. The van der Waals surface area contributed by atoms with E-state index in [-0.39, 0.29) is 23.8 Å². The van der Waals surface area contributed by atoms with Crippen LogP contribution in [0.5, 0.6) is 11.5 Å². The maximum atomic E-state index is 13.3. The summed E-state index contributed by atoms with van der Waals surface area (Å²) < 4.78 is 45.9. The molecule has 0 saturated carbocycles. The molecule has 1 saturated heterocycles. The lowest BCUT2D eigenvalue weighted by Crippen LogP contribution is -2.44. The van der Waals surface area contributed by atoms with E-state index in [1.165, 1.54) is 25.4 Å². The SMILES string of the molecule is CNC(=O)c1cc(Oc2ccc(CNC(=O)Nc3cc(C(F)(F)F)ccc3N3CCNCC3)cc2C)ccn1. The maximum absolute atomic E-state index is 13.3. The van der Waals surface area contributed by atoms with Gasteiger partial charge in [0, 0.05) is 52.0 Å². The molecule has 0 atom stereocenters. The van der Waals surface area contributed by atoms with E-state index in [0.717, 1.165) is 23.3 Å². The molecule has 0 bridgehead atoms. The van der Waals surface area contributed by atoms with Gasteiger partial charge in [0.2, 0.25) is 0 Å². The van der Waals surface area contributed by atoms with Gasteiger partial charge in [-0.05, 0) is 48.4 Å². The number of aryl methyl sites for hydroxylation is 1. The zero-order valence-electron chi connectivity index (χ0n) is 21.5. The van der Waals surface area contributed by atoms with Crippen molar-refractivity contribution < 1.29 is 27.5 Å². The van der Waals surface area contributed by atoms with E-state index in [1.807, 2.05) is 17.9 Å². The third-order valence-electron chi connectivity index (χ3n) is 6.14. The van der Waals surface area contributed by atoms with Gasteiger partial charge in [0.15, 0.2) is 0 Å². The van der Waals surface area contributed by atoms with Crippen molar-refractivity contribution in [1.29, 1.82) is 0 Å². The minimum absolute atomic E-state index is 0.0950. The van der Waals surface area contributed by atoms with E-state index in [0.29, 0.717) is 43.4 Å². The Bertz CT molecular complexity index is 1340. The Kier molecular flexibility index (Phi) is 8.55. The van der Waals surface area contributed by atoms with Crippen LogP contribution < -0.4 is 30.9 Å². The molecule has 1 aromatic heterocycles. The van der Waals surface area contributed by atoms with Crippen LogP contribution in [-0.2, 0) is 12.7 Å². The number of hydrogen-bond donors (Lipinski definition) is 4. The highest BCUT2D eigenvalue weighted by Crippen LogP contribution is 2.35. The molecule has 2 aromatic carbocycles. The minimum Gasteiger partial charge on any atom is -0.457 e. The van der Waals surface area contributed by atoms with Crippen LogP contribution in [0.2, 0.25) is 0 Å². The Balaban J connectivity index is 1.42. The molecular formula is C27H29F3N6O3. The normalized spacial score (nSPS) is 13.5. The fraction of sp³-hybridized carbons (Fsp3) is 0.296. The third-order valence-corrected chi connectivity index (χ3v) is 6.14. The van der Waals surface area contributed by atoms with Gasteiger partial charge in [0.05, 0.1) is 16.9 Å².